The first-order chi connectivity index (χ1) is 13.0. The van der Waals surface area contributed by atoms with Gasteiger partial charge in [-0.3, -0.25) is 19.7 Å². The SMILES string of the molecule is N#CCC(=O)Nc1ccc(C(=O)OCC(=O)NC(=O)c2ccccc2)cc1. The van der Waals surface area contributed by atoms with Crippen LogP contribution in [0.4, 0.5) is 5.69 Å². The highest BCUT2D eigenvalue weighted by molar-refractivity contribution is 6.05. The zero-order valence-corrected chi connectivity index (χ0v) is 14.1. The summed E-state index contributed by atoms with van der Waals surface area (Å²) in [6.45, 7) is -0.613. The number of nitrogens with zero attached hydrogens (tertiary/aromatic N) is 1. The largest absolute Gasteiger partial charge is 0.452 e. The minimum atomic E-state index is -0.757. The van der Waals surface area contributed by atoms with Gasteiger partial charge in [0.2, 0.25) is 5.91 Å². The number of amides is 3. The molecule has 0 aliphatic heterocycles. The Morgan fingerprint density at radius 2 is 1.56 bits per heavy atom. The molecule has 0 aliphatic carbocycles. The lowest BCUT2D eigenvalue weighted by Gasteiger charge is -2.07. The topological polar surface area (TPSA) is 125 Å². The Labute approximate surface area is 154 Å². The monoisotopic (exact) mass is 365 g/mol. The molecule has 3 amide bonds. The molecule has 2 aromatic rings. The summed E-state index contributed by atoms with van der Waals surface area (Å²) in [7, 11) is 0. The quantitative estimate of drug-likeness (QED) is 0.750. The van der Waals surface area contributed by atoms with Crippen molar-refractivity contribution in [2.75, 3.05) is 11.9 Å². The third kappa shape index (κ3) is 6.10. The third-order valence-corrected chi connectivity index (χ3v) is 3.27. The Morgan fingerprint density at radius 1 is 0.889 bits per heavy atom. The van der Waals surface area contributed by atoms with Crippen LogP contribution in [0, 0.1) is 11.3 Å². The average Bonchev–Trinajstić information content (AvgIpc) is 2.67. The van der Waals surface area contributed by atoms with Crippen LogP contribution >= 0.6 is 0 Å². The lowest BCUT2D eigenvalue weighted by molar-refractivity contribution is -0.123. The number of carbonyl (C=O) groups is 4. The second-order valence-corrected chi connectivity index (χ2v) is 5.28. The van der Waals surface area contributed by atoms with Gasteiger partial charge in [-0.15, -0.1) is 0 Å². The van der Waals surface area contributed by atoms with Gasteiger partial charge < -0.3 is 10.1 Å². The van der Waals surface area contributed by atoms with E-state index >= 15 is 0 Å². The smallest absolute Gasteiger partial charge is 0.338 e. The Morgan fingerprint density at radius 3 is 2.19 bits per heavy atom. The molecule has 136 valence electrons. The van der Waals surface area contributed by atoms with Gasteiger partial charge in [0.15, 0.2) is 6.61 Å². The van der Waals surface area contributed by atoms with Gasteiger partial charge in [0.25, 0.3) is 11.8 Å². The van der Waals surface area contributed by atoms with Crippen LogP contribution in [-0.2, 0) is 14.3 Å². The van der Waals surface area contributed by atoms with Crippen LogP contribution in [-0.4, -0.2) is 30.3 Å². The summed E-state index contributed by atoms with van der Waals surface area (Å²) in [5.41, 5.74) is 0.889. The van der Waals surface area contributed by atoms with Gasteiger partial charge in [-0.1, -0.05) is 18.2 Å². The number of carbonyl (C=O) groups excluding carboxylic acids is 4. The molecule has 8 nitrogen and oxygen atoms in total. The van der Waals surface area contributed by atoms with Crippen molar-refractivity contribution in [3.05, 3.63) is 65.7 Å². The van der Waals surface area contributed by atoms with Crippen molar-refractivity contribution in [2.24, 2.45) is 0 Å². The summed E-state index contributed by atoms with van der Waals surface area (Å²) in [5.74, 6) is -2.56. The van der Waals surface area contributed by atoms with E-state index in [1.54, 1.807) is 36.4 Å². The van der Waals surface area contributed by atoms with Gasteiger partial charge in [0.05, 0.1) is 11.6 Å². The molecule has 0 saturated heterocycles. The second kappa shape index (κ2) is 9.48. The van der Waals surface area contributed by atoms with E-state index in [-0.39, 0.29) is 12.0 Å². The summed E-state index contributed by atoms with van der Waals surface area (Å²) < 4.78 is 4.85. The molecule has 0 unspecified atom stereocenters. The van der Waals surface area contributed by atoms with Crippen molar-refractivity contribution >= 4 is 29.4 Å². The molecular formula is C19H15N3O5. The molecule has 0 spiro atoms. The first-order valence-electron chi connectivity index (χ1n) is 7.83. The van der Waals surface area contributed by atoms with Crippen LogP contribution in [0.25, 0.3) is 0 Å². The molecular weight excluding hydrogens is 350 g/mol. The maximum Gasteiger partial charge on any atom is 0.338 e. The van der Waals surface area contributed by atoms with Gasteiger partial charge >= 0.3 is 5.97 Å². The third-order valence-electron chi connectivity index (χ3n) is 3.27. The number of ether oxygens (including phenoxy) is 1. The van der Waals surface area contributed by atoms with Gasteiger partial charge in [0.1, 0.15) is 6.42 Å². The zero-order chi connectivity index (χ0) is 19.6. The molecule has 0 radical (unpaired) electrons. The van der Waals surface area contributed by atoms with Crippen LogP contribution in [0.5, 0.6) is 0 Å². The highest BCUT2D eigenvalue weighted by Gasteiger charge is 2.13. The van der Waals surface area contributed by atoms with Crippen LogP contribution in [0.3, 0.4) is 0 Å². The van der Waals surface area contributed by atoms with E-state index in [4.69, 9.17) is 10.00 Å². The normalized spacial score (nSPS) is 9.59. The first-order valence-corrected chi connectivity index (χ1v) is 7.83. The van der Waals surface area contributed by atoms with Crippen LogP contribution in [0.2, 0.25) is 0 Å². The summed E-state index contributed by atoms with van der Waals surface area (Å²) in [6.07, 6.45) is -0.277. The average molecular weight is 365 g/mol. The molecule has 8 heteroatoms. The lowest BCUT2D eigenvalue weighted by atomic mass is 10.2. The fourth-order valence-electron chi connectivity index (χ4n) is 2.01. The van der Waals surface area contributed by atoms with Gasteiger partial charge in [-0.25, -0.2) is 4.79 Å². The number of rotatable bonds is 6. The minimum Gasteiger partial charge on any atom is -0.452 e. The van der Waals surface area contributed by atoms with Crippen molar-refractivity contribution < 1.29 is 23.9 Å². The summed E-state index contributed by atoms with van der Waals surface area (Å²) in [4.78, 5) is 46.8. The van der Waals surface area contributed by atoms with E-state index in [1.165, 1.54) is 24.3 Å². The fourth-order valence-corrected chi connectivity index (χ4v) is 2.01. The number of anilines is 1. The number of hydrogen-bond acceptors (Lipinski definition) is 6. The minimum absolute atomic E-state index is 0.162. The molecule has 0 heterocycles. The number of imide groups is 1. The molecule has 2 rings (SSSR count). The Hall–Kier alpha value is -3.99. The highest BCUT2D eigenvalue weighted by Crippen LogP contribution is 2.11. The molecule has 0 aliphatic rings. The Balaban J connectivity index is 1.83. The molecule has 2 N–H and O–H groups in total. The molecule has 0 atom stereocenters. The maximum absolute atomic E-state index is 11.9. The standard InChI is InChI=1S/C19H15N3O5/c20-11-10-16(23)21-15-8-6-14(7-9-15)19(26)27-12-17(24)22-18(25)13-4-2-1-3-5-13/h1-9H,10,12H2,(H,21,23)(H,22,24,25). The Bertz CT molecular complexity index is 886. The molecule has 0 fully saturated rings. The van der Waals surface area contributed by atoms with Crippen molar-refractivity contribution in [1.29, 1.82) is 5.26 Å². The van der Waals surface area contributed by atoms with Crippen molar-refractivity contribution in [3.8, 4) is 6.07 Å². The fraction of sp³-hybridized carbons (Fsp3) is 0.105. The van der Waals surface area contributed by atoms with E-state index in [9.17, 15) is 19.2 Å². The van der Waals surface area contributed by atoms with Crippen molar-refractivity contribution in [1.82, 2.24) is 5.32 Å². The predicted molar refractivity (Wildman–Crippen MR) is 94.5 cm³/mol. The number of nitriles is 1. The highest BCUT2D eigenvalue weighted by atomic mass is 16.5. The van der Waals surface area contributed by atoms with Gasteiger partial charge in [0, 0.05) is 11.3 Å². The molecule has 27 heavy (non-hydrogen) atoms. The maximum atomic E-state index is 11.9. The molecule has 0 aromatic heterocycles. The lowest BCUT2D eigenvalue weighted by Crippen LogP contribution is -2.34. The molecule has 0 bridgehead atoms. The van der Waals surface area contributed by atoms with E-state index in [2.05, 4.69) is 10.6 Å². The van der Waals surface area contributed by atoms with Crippen molar-refractivity contribution in [3.63, 3.8) is 0 Å². The predicted octanol–water partition coefficient (Wildman–Crippen LogP) is 1.65. The van der Waals surface area contributed by atoms with E-state index in [0.717, 1.165) is 0 Å². The molecule has 0 saturated carbocycles. The second-order valence-electron chi connectivity index (χ2n) is 5.28. The number of esters is 1. The summed E-state index contributed by atoms with van der Waals surface area (Å²) >= 11 is 0. The van der Waals surface area contributed by atoms with Crippen LogP contribution in [0.1, 0.15) is 27.1 Å². The molecule has 2 aromatic carbocycles. The number of hydrogen-bond donors (Lipinski definition) is 2. The Kier molecular flexibility index (Phi) is 6.79. The number of benzene rings is 2. The van der Waals surface area contributed by atoms with Crippen LogP contribution < -0.4 is 10.6 Å². The van der Waals surface area contributed by atoms with Gasteiger partial charge in [-0.05, 0) is 36.4 Å². The van der Waals surface area contributed by atoms with Crippen molar-refractivity contribution in [2.45, 2.75) is 6.42 Å². The van der Waals surface area contributed by atoms with E-state index in [0.29, 0.717) is 11.3 Å². The summed E-state index contributed by atoms with van der Waals surface area (Å²) in [5, 5.41) is 13.0. The van der Waals surface area contributed by atoms with E-state index in [1.807, 2.05) is 0 Å². The first kappa shape index (κ1) is 19.3. The van der Waals surface area contributed by atoms with E-state index < -0.39 is 30.3 Å². The van der Waals surface area contributed by atoms with Crippen LogP contribution in [0.15, 0.2) is 54.6 Å². The zero-order valence-electron chi connectivity index (χ0n) is 14.1. The summed E-state index contributed by atoms with van der Waals surface area (Å²) in [6, 6.07) is 15.6. The number of nitrogens with one attached hydrogen (secondary N) is 2. The van der Waals surface area contributed by atoms with Gasteiger partial charge in [-0.2, -0.15) is 5.26 Å².